The van der Waals surface area contributed by atoms with Gasteiger partial charge in [-0.3, -0.25) is 9.59 Å². The first-order valence-corrected chi connectivity index (χ1v) is 6.12. The minimum Gasteiger partial charge on any atom is -0.481 e. The molecule has 1 aliphatic rings. The molecule has 0 atom stereocenters. The molecule has 1 heterocycles. The van der Waals surface area contributed by atoms with E-state index < -0.39 is 5.97 Å². The highest BCUT2D eigenvalue weighted by Gasteiger charge is 2.34. The molecule has 18 heavy (non-hydrogen) atoms. The predicted molar refractivity (Wildman–Crippen MR) is 67.2 cm³/mol. The first kappa shape index (κ1) is 12.6. The van der Waals surface area contributed by atoms with E-state index in [0.29, 0.717) is 25.9 Å². The van der Waals surface area contributed by atoms with Crippen molar-refractivity contribution in [3.63, 3.8) is 0 Å². The maximum absolute atomic E-state index is 11.8. The zero-order valence-electron chi connectivity index (χ0n) is 10.4. The van der Waals surface area contributed by atoms with Crippen LogP contribution < -0.4 is 0 Å². The molecular weight excluding hydrogens is 230 g/mol. The molecule has 0 unspecified atom stereocenters. The highest BCUT2D eigenvalue weighted by molar-refractivity contribution is 5.81. The van der Waals surface area contributed by atoms with E-state index in [9.17, 15) is 9.59 Å². The third kappa shape index (κ3) is 2.88. The second kappa shape index (κ2) is 5.21. The summed E-state index contributed by atoms with van der Waals surface area (Å²) in [6, 6.07) is 8.12. The lowest BCUT2D eigenvalue weighted by molar-refractivity contribution is -0.152. The molecule has 0 saturated carbocycles. The Morgan fingerprint density at radius 1 is 1.28 bits per heavy atom. The number of carboxylic acid groups (broad SMARTS) is 1. The summed E-state index contributed by atoms with van der Waals surface area (Å²) in [5, 5.41) is 8.73. The van der Waals surface area contributed by atoms with Crippen LogP contribution in [-0.4, -0.2) is 35.0 Å². The molecule has 2 rings (SSSR count). The normalized spacial score (nSPS) is 15.3. The average Bonchev–Trinajstić information content (AvgIpc) is 2.25. The first-order valence-electron chi connectivity index (χ1n) is 6.12. The van der Waals surface area contributed by atoms with Crippen LogP contribution in [0, 0.1) is 12.8 Å². The van der Waals surface area contributed by atoms with Crippen LogP contribution >= 0.6 is 0 Å². The number of aliphatic carboxylic acids is 1. The summed E-state index contributed by atoms with van der Waals surface area (Å²) in [4.78, 5) is 24.0. The Kier molecular flexibility index (Phi) is 3.65. The molecule has 0 spiro atoms. The highest BCUT2D eigenvalue weighted by Crippen LogP contribution is 2.17. The van der Waals surface area contributed by atoms with Crippen LogP contribution in [0.5, 0.6) is 0 Å². The van der Waals surface area contributed by atoms with E-state index >= 15 is 0 Å². The van der Waals surface area contributed by atoms with Crippen molar-refractivity contribution in [3.8, 4) is 0 Å². The lowest BCUT2D eigenvalue weighted by Gasteiger charge is -2.36. The van der Waals surface area contributed by atoms with Gasteiger partial charge in [-0.05, 0) is 18.9 Å². The van der Waals surface area contributed by atoms with Gasteiger partial charge in [-0.1, -0.05) is 29.8 Å². The van der Waals surface area contributed by atoms with Gasteiger partial charge in [0.25, 0.3) is 0 Å². The molecule has 1 N–H and O–H groups in total. The zero-order valence-corrected chi connectivity index (χ0v) is 10.4. The van der Waals surface area contributed by atoms with Crippen LogP contribution in [0.25, 0.3) is 0 Å². The van der Waals surface area contributed by atoms with E-state index in [1.165, 1.54) is 5.56 Å². The molecule has 1 saturated heterocycles. The molecular formula is C14H17NO3. The van der Waals surface area contributed by atoms with Crippen molar-refractivity contribution in [2.24, 2.45) is 5.92 Å². The third-order valence-electron chi connectivity index (χ3n) is 3.33. The quantitative estimate of drug-likeness (QED) is 0.876. The lowest BCUT2D eigenvalue weighted by atomic mass is 9.99. The molecule has 0 radical (unpaired) electrons. The van der Waals surface area contributed by atoms with Gasteiger partial charge in [0.15, 0.2) is 0 Å². The molecule has 0 aromatic heterocycles. The Morgan fingerprint density at radius 2 is 1.89 bits per heavy atom. The Bertz CT molecular complexity index is 447. The largest absolute Gasteiger partial charge is 0.481 e. The van der Waals surface area contributed by atoms with Crippen LogP contribution in [0.1, 0.15) is 17.5 Å². The Labute approximate surface area is 106 Å². The standard InChI is InChI=1S/C14H17NO3/c1-10-2-4-11(5-3-10)6-7-13(16)15-8-12(9-15)14(17)18/h2-5,12H,6-9H2,1H3,(H,17,18). The second-order valence-electron chi connectivity index (χ2n) is 4.82. The summed E-state index contributed by atoms with van der Waals surface area (Å²) < 4.78 is 0. The van der Waals surface area contributed by atoms with E-state index in [2.05, 4.69) is 0 Å². The Balaban J connectivity index is 1.76. The van der Waals surface area contributed by atoms with Gasteiger partial charge in [0.1, 0.15) is 0 Å². The number of nitrogens with zero attached hydrogens (tertiary/aromatic N) is 1. The SMILES string of the molecule is Cc1ccc(CCC(=O)N2CC(C(=O)O)C2)cc1. The third-order valence-corrected chi connectivity index (χ3v) is 3.33. The van der Waals surface area contributed by atoms with Crippen molar-refractivity contribution < 1.29 is 14.7 Å². The van der Waals surface area contributed by atoms with Crippen LogP contribution in [0.2, 0.25) is 0 Å². The van der Waals surface area contributed by atoms with Crippen molar-refractivity contribution in [3.05, 3.63) is 35.4 Å². The number of carbonyl (C=O) groups excluding carboxylic acids is 1. The van der Waals surface area contributed by atoms with E-state index in [4.69, 9.17) is 5.11 Å². The molecule has 96 valence electrons. The van der Waals surface area contributed by atoms with Crippen molar-refractivity contribution in [1.29, 1.82) is 0 Å². The summed E-state index contributed by atoms with van der Waals surface area (Å²) >= 11 is 0. The van der Waals surface area contributed by atoms with Gasteiger partial charge in [-0.25, -0.2) is 0 Å². The summed E-state index contributed by atoms with van der Waals surface area (Å²) in [6.45, 7) is 2.76. The minimum atomic E-state index is -0.808. The first-order chi connectivity index (χ1) is 8.56. The van der Waals surface area contributed by atoms with Crippen LogP contribution in [0.4, 0.5) is 0 Å². The zero-order chi connectivity index (χ0) is 13.1. The number of likely N-dealkylation sites (tertiary alicyclic amines) is 1. The Hall–Kier alpha value is -1.84. The van der Waals surface area contributed by atoms with Crippen molar-refractivity contribution in [2.75, 3.05) is 13.1 Å². The van der Waals surface area contributed by atoms with Crippen LogP contribution in [-0.2, 0) is 16.0 Å². The fraction of sp³-hybridized carbons (Fsp3) is 0.429. The maximum Gasteiger partial charge on any atom is 0.310 e. The maximum atomic E-state index is 11.8. The van der Waals surface area contributed by atoms with Crippen molar-refractivity contribution in [1.82, 2.24) is 4.90 Å². The molecule has 1 aliphatic heterocycles. The average molecular weight is 247 g/mol. The van der Waals surface area contributed by atoms with Crippen molar-refractivity contribution >= 4 is 11.9 Å². The van der Waals surface area contributed by atoms with Gasteiger partial charge in [-0.2, -0.15) is 0 Å². The molecule has 1 aromatic carbocycles. The molecule has 1 fully saturated rings. The fourth-order valence-electron chi connectivity index (χ4n) is 2.00. The number of hydrogen-bond donors (Lipinski definition) is 1. The van der Waals surface area contributed by atoms with Gasteiger partial charge in [0.05, 0.1) is 5.92 Å². The lowest BCUT2D eigenvalue weighted by Crippen LogP contribution is -2.53. The highest BCUT2D eigenvalue weighted by atomic mass is 16.4. The summed E-state index contributed by atoms with van der Waals surface area (Å²) in [5.74, 6) is -1.13. The molecule has 1 amide bonds. The van der Waals surface area contributed by atoms with Gasteiger partial charge >= 0.3 is 5.97 Å². The number of aryl methyl sites for hydroxylation is 2. The minimum absolute atomic E-state index is 0.0491. The van der Waals surface area contributed by atoms with E-state index in [-0.39, 0.29) is 11.8 Å². The molecule has 0 aliphatic carbocycles. The number of benzene rings is 1. The summed E-state index contributed by atoms with van der Waals surface area (Å²) in [6.07, 6.45) is 1.17. The van der Waals surface area contributed by atoms with Crippen LogP contribution in [0.3, 0.4) is 0 Å². The van der Waals surface area contributed by atoms with Crippen LogP contribution in [0.15, 0.2) is 24.3 Å². The number of rotatable bonds is 4. The van der Waals surface area contributed by atoms with Gasteiger partial charge in [0.2, 0.25) is 5.91 Å². The van der Waals surface area contributed by atoms with E-state index in [1.807, 2.05) is 31.2 Å². The predicted octanol–water partition coefficient (Wildman–Crippen LogP) is 1.47. The van der Waals surface area contributed by atoms with Gasteiger partial charge in [-0.15, -0.1) is 0 Å². The summed E-state index contributed by atoms with van der Waals surface area (Å²) in [7, 11) is 0. The number of hydrogen-bond acceptors (Lipinski definition) is 2. The number of amides is 1. The second-order valence-corrected chi connectivity index (χ2v) is 4.82. The monoisotopic (exact) mass is 247 g/mol. The van der Waals surface area contributed by atoms with E-state index in [0.717, 1.165) is 5.56 Å². The fourth-order valence-corrected chi connectivity index (χ4v) is 2.00. The van der Waals surface area contributed by atoms with E-state index in [1.54, 1.807) is 4.90 Å². The topological polar surface area (TPSA) is 57.6 Å². The van der Waals surface area contributed by atoms with Gasteiger partial charge < -0.3 is 10.0 Å². The molecule has 4 heteroatoms. The van der Waals surface area contributed by atoms with Crippen molar-refractivity contribution in [2.45, 2.75) is 19.8 Å². The van der Waals surface area contributed by atoms with Gasteiger partial charge in [0, 0.05) is 19.5 Å². The Morgan fingerprint density at radius 3 is 2.44 bits per heavy atom. The number of carboxylic acids is 1. The molecule has 1 aromatic rings. The smallest absolute Gasteiger partial charge is 0.310 e. The molecule has 0 bridgehead atoms. The molecule has 4 nitrogen and oxygen atoms in total. The summed E-state index contributed by atoms with van der Waals surface area (Å²) in [5.41, 5.74) is 2.35. The number of carbonyl (C=O) groups is 2.